The highest BCUT2D eigenvalue weighted by Crippen LogP contribution is 2.25. The molecule has 11 heteroatoms. The first-order valence-corrected chi connectivity index (χ1v) is 12.1. The summed E-state index contributed by atoms with van der Waals surface area (Å²) < 4.78 is 3.79. The summed E-state index contributed by atoms with van der Waals surface area (Å²) in [5.41, 5.74) is 5.33. The van der Waals surface area contributed by atoms with Gasteiger partial charge in [-0.1, -0.05) is 0 Å². The number of carbonyl (C=O) groups is 1. The minimum atomic E-state index is 0.122. The molecule has 0 saturated carbocycles. The van der Waals surface area contributed by atoms with Gasteiger partial charge in [0, 0.05) is 64.3 Å². The molecule has 0 unspecified atom stereocenters. The topological polar surface area (TPSA) is 109 Å². The molecule has 0 aromatic carbocycles. The van der Waals surface area contributed by atoms with Gasteiger partial charge in [-0.3, -0.25) is 13.9 Å². The highest BCUT2D eigenvalue weighted by Gasteiger charge is 2.19. The molecule has 5 aromatic rings. The monoisotopic (exact) mass is 494 g/mol. The van der Waals surface area contributed by atoms with E-state index in [1.165, 1.54) is 0 Å². The minimum absolute atomic E-state index is 0.122. The number of carbonyl (C=O) groups excluding carboxylic acids is 1. The molecule has 1 fully saturated rings. The third-order valence-electron chi connectivity index (χ3n) is 6.51. The number of hydrogen-bond donors (Lipinski definition) is 1. The second-order valence-electron chi connectivity index (χ2n) is 8.95. The zero-order valence-corrected chi connectivity index (χ0v) is 20.6. The van der Waals surface area contributed by atoms with Crippen LogP contribution >= 0.6 is 0 Å². The number of nitrogens with zero attached hydrogens (tertiary/aromatic N) is 9. The lowest BCUT2D eigenvalue weighted by Gasteiger charge is -2.35. The molecule has 6 heterocycles. The van der Waals surface area contributed by atoms with Crippen molar-refractivity contribution in [3.05, 3.63) is 67.4 Å². The van der Waals surface area contributed by atoms with Crippen LogP contribution in [0.2, 0.25) is 0 Å². The molecular formula is C26H26N10O. The number of imidazole rings is 1. The van der Waals surface area contributed by atoms with Crippen LogP contribution in [0.4, 0.5) is 17.5 Å². The van der Waals surface area contributed by atoms with Gasteiger partial charge < -0.3 is 15.1 Å². The first kappa shape index (κ1) is 22.7. The summed E-state index contributed by atoms with van der Waals surface area (Å²) in [6.45, 7) is 4.65. The number of amides is 1. The lowest BCUT2D eigenvalue weighted by Crippen LogP contribution is -2.48. The van der Waals surface area contributed by atoms with Gasteiger partial charge in [-0.25, -0.2) is 19.9 Å². The number of aryl methyl sites for hydroxylation is 1. The fourth-order valence-electron chi connectivity index (χ4n) is 4.49. The zero-order chi connectivity index (χ0) is 25.4. The number of rotatable bonds is 5. The molecule has 11 nitrogen and oxygen atoms in total. The molecule has 1 N–H and O–H groups in total. The Morgan fingerprint density at radius 2 is 1.78 bits per heavy atom. The molecule has 37 heavy (non-hydrogen) atoms. The molecule has 5 aromatic heterocycles. The fraction of sp³-hybridized carbons (Fsp3) is 0.231. The molecule has 1 aliphatic rings. The Hall–Kier alpha value is -4.80. The van der Waals surface area contributed by atoms with Gasteiger partial charge in [0.25, 0.3) is 0 Å². The van der Waals surface area contributed by atoms with Gasteiger partial charge in [0.2, 0.25) is 11.9 Å². The van der Waals surface area contributed by atoms with E-state index in [0.717, 1.165) is 60.2 Å². The number of nitrogens with one attached hydrogen (secondary N) is 1. The quantitative estimate of drug-likeness (QED) is 0.397. The van der Waals surface area contributed by atoms with Gasteiger partial charge in [-0.15, -0.1) is 0 Å². The minimum Gasteiger partial charge on any atom is -0.367 e. The van der Waals surface area contributed by atoms with Crippen LogP contribution in [0.1, 0.15) is 6.92 Å². The summed E-state index contributed by atoms with van der Waals surface area (Å²) in [6.07, 6.45) is 9.30. The highest BCUT2D eigenvalue weighted by molar-refractivity contribution is 5.73. The van der Waals surface area contributed by atoms with Crippen molar-refractivity contribution in [2.45, 2.75) is 6.92 Å². The van der Waals surface area contributed by atoms with E-state index in [2.05, 4.69) is 30.3 Å². The summed E-state index contributed by atoms with van der Waals surface area (Å²) in [7, 11) is 1.90. The van der Waals surface area contributed by atoms with Crippen LogP contribution in [0.5, 0.6) is 0 Å². The summed E-state index contributed by atoms with van der Waals surface area (Å²) in [6, 6.07) is 11.8. The van der Waals surface area contributed by atoms with Crippen LogP contribution in [0.15, 0.2) is 67.4 Å². The molecule has 0 radical (unpaired) electrons. The molecule has 0 bridgehead atoms. The van der Waals surface area contributed by atoms with Gasteiger partial charge in [-0.05, 0) is 36.4 Å². The first-order chi connectivity index (χ1) is 18.0. The third-order valence-corrected chi connectivity index (χ3v) is 6.51. The van der Waals surface area contributed by atoms with E-state index in [0.29, 0.717) is 11.8 Å². The summed E-state index contributed by atoms with van der Waals surface area (Å²) in [5, 5.41) is 7.70. The van der Waals surface area contributed by atoms with E-state index >= 15 is 0 Å². The number of hydrogen-bond acceptors (Lipinski definition) is 8. The van der Waals surface area contributed by atoms with Gasteiger partial charge in [0.15, 0.2) is 0 Å². The van der Waals surface area contributed by atoms with Crippen LogP contribution in [-0.4, -0.2) is 71.1 Å². The average molecular weight is 495 g/mol. The second-order valence-corrected chi connectivity index (χ2v) is 8.95. The molecule has 0 atom stereocenters. The van der Waals surface area contributed by atoms with Crippen molar-refractivity contribution in [1.82, 2.24) is 39.0 Å². The van der Waals surface area contributed by atoms with E-state index in [4.69, 9.17) is 4.98 Å². The summed E-state index contributed by atoms with van der Waals surface area (Å²) in [4.78, 5) is 33.8. The number of fused-ring (bicyclic) bond motifs is 1. The van der Waals surface area contributed by atoms with E-state index in [1.807, 2.05) is 77.5 Å². The van der Waals surface area contributed by atoms with Crippen molar-refractivity contribution in [3.63, 3.8) is 0 Å². The molecular weight excluding hydrogens is 468 g/mol. The first-order valence-electron chi connectivity index (χ1n) is 12.1. The Balaban J connectivity index is 1.20. The van der Waals surface area contributed by atoms with E-state index in [9.17, 15) is 4.79 Å². The molecule has 0 aliphatic carbocycles. The second kappa shape index (κ2) is 9.34. The Labute approximate surface area is 213 Å². The molecule has 6 rings (SSSR count). The molecule has 1 aliphatic heterocycles. The number of pyridine rings is 2. The molecule has 1 saturated heterocycles. The lowest BCUT2D eigenvalue weighted by atomic mass is 10.2. The van der Waals surface area contributed by atoms with Crippen molar-refractivity contribution in [2.75, 3.05) is 36.4 Å². The van der Waals surface area contributed by atoms with Crippen molar-refractivity contribution in [3.8, 4) is 22.6 Å². The molecule has 0 spiro atoms. The number of aromatic nitrogens is 7. The summed E-state index contributed by atoms with van der Waals surface area (Å²) >= 11 is 0. The highest BCUT2D eigenvalue weighted by atomic mass is 16.2. The van der Waals surface area contributed by atoms with Crippen LogP contribution in [-0.2, 0) is 11.8 Å². The Morgan fingerprint density at radius 3 is 2.51 bits per heavy atom. The molecule has 186 valence electrons. The van der Waals surface area contributed by atoms with E-state index < -0.39 is 0 Å². The lowest BCUT2D eigenvalue weighted by molar-refractivity contribution is -0.129. The van der Waals surface area contributed by atoms with Crippen molar-refractivity contribution < 1.29 is 4.79 Å². The maximum atomic E-state index is 11.6. The number of piperazine rings is 1. The maximum Gasteiger partial charge on any atom is 0.228 e. The van der Waals surface area contributed by atoms with Crippen LogP contribution in [0, 0.1) is 0 Å². The van der Waals surface area contributed by atoms with Crippen molar-refractivity contribution >= 4 is 29.0 Å². The largest absolute Gasteiger partial charge is 0.367 e. The Kier molecular flexibility index (Phi) is 5.72. The Morgan fingerprint density at radius 1 is 0.919 bits per heavy atom. The van der Waals surface area contributed by atoms with Gasteiger partial charge in [-0.2, -0.15) is 5.10 Å². The predicted octanol–water partition coefficient (Wildman–Crippen LogP) is 3.00. The van der Waals surface area contributed by atoms with Crippen molar-refractivity contribution in [1.29, 1.82) is 0 Å². The van der Waals surface area contributed by atoms with Crippen molar-refractivity contribution in [2.24, 2.45) is 7.05 Å². The van der Waals surface area contributed by atoms with E-state index in [1.54, 1.807) is 17.8 Å². The fourth-order valence-corrected chi connectivity index (χ4v) is 4.49. The van der Waals surface area contributed by atoms with Gasteiger partial charge in [0.05, 0.1) is 35.2 Å². The normalized spacial score (nSPS) is 13.8. The number of anilines is 3. The van der Waals surface area contributed by atoms with Crippen LogP contribution in [0.3, 0.4) is 0 Å². The molecule has 1 amide bonds. The van der Waals surface area contributed by atoms with Gasteiger partial charge >= 0.3 is 0 Å². The third kappa shape index (κ3) is 4.58. The SMILES string of the molecule is CC(=O)N1CCN(c2ccc(Nc3nccc(-c4cnc5ccc(-c6ccn(C)n6)cn45)n3)nc2)CC1. The average Bonchev–Trinajstić information content (AvgIpc) is 3.55. The van der Waals surface area contributed by atoms with Crippen LogP contribution in [0.25, 0.3) is 28.3 Å². The van der Waals surface area contributed by atoms with E-state index in [-0.39, 0.29) is 5.91 Å². The smallest absolute Gasteiger partial charge is 0.228 e. The Bertz CT molecular complexity index is 1560. The summed E-state index contributed by atoms with van der Waals surface area (Å²) in [5.74, 6) is 1.22. The van der Waals surface area contributed by atoms with Crippen LogP contribution < -0.4 is 10.2 Å². The zero-order valence-electron chi connectivity index (χ0n) is 20.6. The van der Waals surface area contributed by atoms with Gasteiger partial charge in [0.1, 0.15) is 11.5 Å². The maximum absolute atomic E-state index is 11.6. The predicted molar refractivity (Wildman–Crippen MR) is 140 cm³/mol. The standard InChI is InChI=1S/C26H26N10O/c1-18(37)34-11-13-35(14-12-34)20-4-5-24(28-15-20)31-26-27-9-7-22(30-26)23-16-29-25-6-3-19(17-36(23)25)21-8-10-33(2)32-21/h3-10,15-17H,11-14H2,1-2H3,(H,27,28,30,31).